The van der Waals surface area contributed by atoms with Crippen LogP contribution in [0.1, 0.15) is 30.9 Å². The van der Waals surface area contributed by atoms with Gasteiger partial charge in [-0.05, 0) is 13.3 Å². The molecule has 0 N–H and O–H groups in total. The molecule has 0 aliphatic rings. The molecular weight excluding hydrogens is 180 g/mol. The van der Waals surface area contributed by atoms with E-state index in [1.54, 1.807) is 19.5 Å². The van der Waals surface area contributed by atoms with Gasteiger partial charge in [0.1, 0.15) is 6.10 Å². The molecule has 0 aliphatic heterocycles. The van der Waals surface area contributed by atoms with Gasteiger partial charge < -0.3 is 9.30 Å². The number of ether oxygens (including phenoxy) is 1. The minimum atomic E-state index is -0.373. The van der Waals surface area contributed by atoms with Crippen LogP contribution in [-0.2, 0) is 11.3 Å². The molecule has 1 aromatic rings. The number of ketones is 1. The third-order valence-electron chi connectivity index (χ3n) is 2.22. The van der Waals surface area contributed by atoms with Gasteiger partial charge in [0, 0.05) is 26.0 Å². The normalized spacial score (nSPS) is 12.8. The molecule has 0 aromatic carbocycles. The Kier molecular flexibility index (Phi) is 3.83. The Morgan fingerprint density at radius 3 is 2.86 bits per heavy atom. The average Bonchev–Trinajstić information content (AvgIpc) is 2.67. The number of methoxy groups -OCH3 is 1. The summed E-state index contributed by atoms with van der Waals surface area (Å²) < 4.78 is 6.91. The second kappa shape index (κ2) is 4.91. The van der Waals surface area contributed by atoms with Gasteiger partial charge in [-0.15, -0.1) is 0 Å². The molecule has 0 fully saturated rings. The zero-order chi connectivity index (χ0) is 10.6. The number of imidazole rings is 1. The molecule has 0 saturated carbocycles. The van der Waals surface area contributed by atoms with Gasteiger partial charge in [0.25, 0.3) is 0 Å². The summed E-state index contributed by atoms with van der Waals surface area (Å²) in [6.07, 6.45) is 3.74. The van der Waals surface area contributed by atoms with Crippen molar-refractivity contribution in [2.45, 2.75) is 32.9 Å². The van der Waals surface area contributed by atoms with Crippen LogP contribution in [0.4, 0.5) is 0 Å². The average molecular weight is 196 g/mol. The van der Waals surface area contributed by atoms with Crippen LogP contribution in [0.5, 0.6) is 0 Å². The van der Waals surface area contributed by atoms with E-state index in [1.165, 1.54) is 0 Å². The largest absolute Gasteiger partial charge is 0.373 e. The zero-order valence-electron chi connectivity index (χ0n) is 8.86. The van der Waals surface area contributed by atoms with Crippen LogP contribution in [0.2, 0.25) is 0 Å². The van der Waals surface area contributed by atoms with Gasteiger partial charge in [0.2, 0.25) is 5.78 Å². The van der Waals surface area contributed by atoms with Crippen molar-refractivity contribution in [3.05, 3.63) is 18.2 Å². The van der Waals surface area contributed by atoms with Crippen LogP contribution in [0.3, 0.4) is 0 Å². The molecule has 0 saturated heterocycles. The number of rotatable bonds is 5. The maximum atomic E-state index is 11.8. The Morgan fingerprint density at radius 1 is 1.64 bits per heavy atom. The van der Waals surface area contributed by atoms with Crippen molar-refractivity contribution in [1.29, 1.82) is 0 Å². The number of hydrogen-bond donors (Lipinski definition) is 0. The van der Waals surface area contributed by atoms with E-state index in [0.29, 0.717) is 12.2 Å². The number of aryl methyl sites for hydroxylation is 1. The number of hydrogen-bond acceptors (Lipinski definition) is 3. The third kappa shape index (κ3) is 2.01. The molecule has 1 atom stereocenters. The molecule has 1 heterocycles. The predicted molar refractivity (Wildman–Crippen MR) is 53.3 cm³/mol. The summed E-state index contributed by atoms with van der Waals surface area (Å²) in [7, 11) is 1.55. The smallest absolute Gasteiger partial charge is 0.226 e. The summed E-state index contributed by atoms with van der Waals surface area (Å²) in [6, 6.07) is 0. The first-order chi connectivity index (χ1) is 6.74. The van der Waals surface area contributed by atoms with E-state index in [1.807, 2.05) is 18.4 Å². The molecule has 0 amide bonds. The Bertz CT molecular complexity index is 303. The summed E-state index contributed by atoms with van der Waals surface area (Å²) in [4.78, 5) is 15.9. The van der Waals surface area contributed by atoms with Gasteiger partial charge in [-0.3, -0.25) is 4.79 Å². The lowest BCUT2D eigenvalue weighted by Gasteiger charge is -2.11. The van der Waals surface area contributed by atoms with Gasteiger partial charge in [-0.25, -0.2) is 4.98 Å². The second-order valence-corrected chi connectivity index (χ2v) is 3.03. The second-order valence-electron chi connectivity index (χ2n) is 3.03. The number of Topliss-reactive ketones (excluding diaryl/α,β-unsaturated/α-hetero) is 1. The van der Waals surface area contributed by atoms with Crippen molar-refractivity contribution in [2.75, 3.05) is 7.11 Å². The van der Waals surface area contributed by atoms with E-state index in [-0.39, 0.29) is 11.9 Å². The summed E-state index contributed by atoms with van der Waals surface area (Å²) in [5, 5.41) is 0. The van der Waals surface area contributed by atoms with Crippen molar-refractivity contribution >= 4 is 5.78 Å². The van der Waals surface area contributed by atoms with Gasteiger partial charge in [-0.1, -0.05) is 6.92 Å². The first-order valence-corrected chi connectivity index (χ1v) is 4.82. The first-order valence-electron chi connectivity index (χ1n) is 4.82. The van der Waals surface area contributed by atoms with E-state index in [4.69, 9.17) is 4.74 Å². The highest BCUT2D eigenvalue weighted by Gasteiger charge is 2.21. The Labute approximate surface area is 83.9 Å². The molecule has 0 spiro atoms. The molecule has 14 heavy (non-hydrogen) atoms. The van der Waals surface area contributed by atoms with Crippen molar-refractivity contribution in [2.24, 2.45) is 0 Å². The highest BCUT2D eigenvalue weighted by molar-refractivity contribution is 5.96. The molecule has 1 unspecified atom stereocenters. The zero-order valence-corrected chi connectivity index (χ0v) is 8.86. The molecule has 4 heteroatoms. The lowest BCUT2D eigenvalue weighted by atomic mass is 10.1. The quantitative estimate of drug-likeness (QED) is 0.670. The van der Waals surface area contributed by atoms with E-state index < -0.39 is 0 Å². The number of carbonyl (C=O) groups excluding carboxylic acids is 1. The Hall–Kier alpha value is -1.16. The molecule has 4 nitrogen and oxygen atoms in total. The van der Waals surface area contributed by atoms with Crippen LogP contribution >= 0.6 is 0 Å². The lowest BCUT2D eigenvalue weighted by molar-refractivity contribution is 0.0580. The fraction of sp³-hybridized carbons (Fsp3) is 0.600. The van der Waals surface area contributed by atoms with Gasteiger partial charge in [0.05, 0.1) is 0 Å². The fourth-order valence-corrected chi connectivity index (χ4v) is 1.39. The maximum absolute atomic E-state index is 11.8. The third-order valence-corrected chi connectivity index (χ3v) is 2.22. The highest BCUT2D eigenvalue weighted by atomic mass is 16.5. The molecule has 1 rings (SSSR count). The minimum Gasteiger partial charge on any atom is -0.373 e. The first kappa shape index (κ1) is 10.9. The molecule has 0 bridgehead atoms. The monoisotopic (exact) mass is 196 g/mol. The molecule has 0 aliphatic carbocycles. The fourth-order valence-electron chi connectivity index (χ4n) is 1.39. The number of carbonyl (C=O) groups is 1. The van der Waals surface area contributed by atoms with E-state index in [9.17, 15) is 4.79 Å². The van der Waals surface area contributed by atoms with Crippen LogP contribution in [0.15, 0.2) is 12.4 Å². The van der Waals surface area contributed by atoms with Crippen molar-refractivity contribution < 1.29 is 9.53 Å². The minimum absolute atomic E-state index is 0.0400. The van der Waals surface area contributed by atoms with Crippen molar-refractivity contribution in [1.82, 2.24) is 9.55 Å². The lowest BCUT2D eigenvalue weighted by Crippen LogP contribution is -2.25. The predicted octanol–water partition coefficient (Wildman–Crippen LogP) is 1.51. The summed E-state index contributed by atoms with van der Waals surface area (Å²) in [5.74, 6) is 0.447. The summed E-state index contributed by atoms with van der Waals surface area (Å²) in [6.45, 7) is 4.65. The standard InChI is InChI=1S/C10H16N2O2/c1-4-8(14-3)9(13)10-11-6-7-12(10)5-2/h6-8H,4-5H2,1-3H3. The van der Waals surface area contributed by atoms with Crippen LogP contribution in [0.25, 0.3) is 0 Å². The number of nitrogens with zero attached hydrogens (tertiary/aromatic N) is 2. The van der Waals surface area contributed by atoms with Crippen LogP contribution < -0.4 is 0 Å². The van der Waals surface area contributed by atoms with Gasteiger partial charge >= 0.3 is 0 Å². The maximum Gasteiger partial charge on any atom is 0.226 e. The van der Waals surface area contributed by atoms with Crippen LogP contribution in [0, 0.1) is 0 Å². The molecule has 78 valence electrons. The van der Waals surface area contributed by atoms with Crippen molar-refractivity contribution in [3.63, 3.8) is 0 Å². The van der Waals surface area contributed by atoms with Crippen LogP contribution in [-0.4, -0.2) is 28.5 Å². The Balaban J connectivity index is 2.87. The number of aromatic nitrogens is 2. The van der Waals surface area contributed by atoms with Crippen molar-refractivity contribution in [3.8, 4) is 0 Å². The highest BCUT2D eigenvalue weighted by Crippen LogP contribution is 2.07. The molecule has 0 radical (unpaired) electrons. The summed E-state index contributed by atoms with van der Waals surface area (Å²) in [5.41, 5.74) is 0. The van der Waals surface area contributed by atoms with Gasteiger partial charge in [0.15, 0.2) is 5.82 Å². The van der Waals surface area contributed by atoms with E-state index >= 15 is 0 Å². The van der Waals surface area contributed by atoms with E-state index in [0.717, 1.165) is 6.54 Å². The SMILES string of the molecule is CCC(OC)C(=O)c1nccn1CC. The summed E-state index contributed by atoms with van der Waals surface area (Å²) >= 11 is 0. The topological polar surface area (TPSA) is 44.1 Å². The molecule has 1 aromatic heterocycles. The van der Waals surface area contributed by atoms with E-state index in [2.05, 4.69) is 4.98 Å². The Morgan fingerprint density at radius 2 is 2.36 bits per heavy atom. The molecular formula is C10H16N2O2. The van der Waals surface area contributed by atoms with Gasteiger partial charge in [-0.2, -0.15) is 0 Å².